The Labute approximate surface area is 168 Å². The summed E-state index contributed by atoms with van der Waals surface area (Å²) in [6.07, 6.45) is 1.34. The Balaban J connectivity index is 1.73. The molecule has 28 heavy (non-hydrogen) atoms. The molecule has 0 aliphatic carbocycles. The summed E-state index contributed by atoms with van der Waals surface area (Å²) in [6.45, 7) is 0.283. The third-order valence-electron chi connectivity index (χ3n) is 4.57. The Kier molecular flexibility index (Phi) is 5.90. The number of hydrogen-bond acceptors (Lipinski definition) is 4. The van der Waals surface area contributed by atoms with Gasteiger partial charge >= 0.3 is 6.03 Å². The summed E-state index contributed by atoms with van der Waals surface area (Å²) in [6, 6.07) is 12.4. The zero-order valence-electron chi connectivity index (χ0n) is 15.1. The van der Waals surface area contributed by atoms with Crippen molar-refractivity contribution < 1.29 is 18.0 Å². The van der Waals surface area contributed by atoms with Crippen molar-refractivity contribution >= 4 is 39.1 Å². The van der Waals surface area contributed by atoms with Gasteiger partial charge in [0.05, 0.1) is 10.9 Å². The monoisotopic (exact) mass is 421 g/mol. The second kappa shape index (κ2) is 8.20. The standard InChI is InChI=1S/C19H20ClN3O4S/c1-28(26,27)15-8-2-12(3-9-15)16-10-18(24)21-11-17(16)23-19(25)22-14-6-4-13(20)5-7-14/h2-9,16-17H,10-11H2,1H3,(H,21,24)(H2,22,23,25). The van der Waals surface area contributed by atoms with Gasteiger partial charge in [0.2, 0.25) is 5.91 Å². The Morgan fingerprint density at radius 1 is 1.11 bits per heavy atom. The van der Waals surface area contributed by atoms with E-state index in [9.17, 15) is 18.0 Å². The van der Waals surface area contributed by atoms with Crippen LogP contribution in [0, 0.1) is 0 Å². The van der Waals surface area contributed by atoms with E-state index in [0.717, 1.165) is 11.8 Å². The molecule has 0 aromatic heterocycles. The molecule has 0 radical (unpaired) electrons. The number of piperidine rings is 1. The zero-order valence-corrected chi connectivity index (χ0v) is 16.7. The molecule has 2 aromatic carbocycles. The van der Waals surface area contributed by atoms with E-state index < -0.39 is 15.9 Å². The lowest BCUT2D eigenvalue weighted by atomic mass is 9.86. The Bertz CT molecular complexity index is 975. The van der Waals surface area contributed by atoms with Crippen molar-refractivity contribution in [2.75, 3.05) is 18.1 Å². The summed E-state index contributed by atoms with van der Waals surface area (Å²) >= 11 is 5.84. The van der Waals surface area contributed by atoms with Gasteiger partial charge < -0.3 is 16.0 Å². The summed E-state index contributed by atoms with van der Waals surface area (Å²) in [5.41, 5.74) is 1.38. The summed E-state index contributed by atoms with van der Waals surface area (Å²) in [5.74, 6) is -0.383. The van der Waals surface area contributed by atoms with Gasteiger partial charge in [-0.2, -0.15) is 0 Å². The molecule has 7 nitrogen and oxygen atoms in total. The quantitative estimate of drug-likeness (QED) is 0.705. The van der Waals surface area contributed by atoms with Gasteiger partial charge in [-0.3, -0.25) is 4.79 Å². The normalized spacial score (nSPS) is 19.6. The summed E-state index contributed by atoms with van der Waals surface area (Å²) in [4.78, 5) is 24.5. The second-order valence-electron chi connectivity index (χ2n) is 6.67. The Morgan fingerprint density at radius 2 is 1.75 bits per heavy atom. The van der Waals surface area contributed by atoms with Gasteiger partial charge in [0.15, 0.2) is 9.84 Å². The lowest BCUT2D eigenvalue weighted by Crippen LogP contribution is -2.52. The minimum absolute atomic E-state index is 0.117. The van der Waals surface area contributed by atoms with Crippen molar-refractivity contribution in [1.29, 1.82) is 0 Å². The average molecular weight is 422 g/mol. The molecule has 9 heteroatoms. The van der Waals surface area contributed by atoms with Crippen molar-refractivity contribution in [3.63, 3.8) is 0 Å². The number of amides is 3. The SMILES string of the molecule is CS(=O)(=O)c1ccc(C2CC(=O)NCC2NC(=O)Nc2ccc(Cl)cc2)cc1. The number of sulfone groups is 1. The fraction of sp³-hybridized carbons (Fsp3) is 0.263. The zero-order chi connectivity index (χ0) is 20.3. The smallest absolute Gasteiger partial charge is 0.319 e. The van der Waals surface area contributed by atoms with Gasteiger partial charge in [-0.05, 0) is 42.0 Å². The molecule has 2 aromatic rings. The highest BCUT2D eigenvalue weighted by Gasteiger charge is 2.31. The van der Waals surface area contributed by atoms with E-state index in [2.05, 4.69) is 16.0 Å². The first-order chi connectivity index (χ1) is 13.2. The van der Waals surface area contributed by atoms with Crippen molar-refractivity contribution in [3.05, 3.63) is 59.1 Å². The largest absolute Gasteiger partial charge is 0.354 e. The topological polar surface area (TPSA) is 104 Å². The van der Waals surface area contributed by atoms with Crippen LogP contribution in [-0.2, 0) is 14.6 Å². The van der Waals surface area contributed by atoms with Crippen LogP contribution in [0.5, 0.6) is 0 Å². The maximum atomic E-state index is 12.4. The summed E-state index contributed by atoms with van der Waals surface area (Å²) in [7, 11) is -3.30. The van der Waals surface area contributed by atoms with Crippen LogP contribution in [0.15, 0.2) is 53.4 Å². The third kappa shape index (κ3) is 5.02. The molecule has 3 rings (SSSR count). The van der Waals surface area contributed by atoms with Crippen LogP contribution in [-0.4, -0.2) is 39.2 Å². The molecular weight excluding hydrogens is 402 g/mol. The highest BCUT2D eigenvalue weighted by atomic mass is 35.5. The van der Waals surface area contributed by atoms with Crippen LogP contribution in [0.3, 0.4) is 0 Å². The molecule has 1 aliphatic heterocycles. The number of rotatable bonds is 4. The second-order valence-corrected chi connectivity index (χ2v) is 9.12. The van der Waals surface area contributed by atoms with Gasteiger partial charge in [-0.25, -0.2) is 13.2 Å². The first-order valence-electron chi connectivity index (χ1n) is 8.62. The van der Waals surface area contributed by atoms with Gasteiger partial charge in [-0.15, -0.1) is 0 Å². The predicted molar refractivity (Wildman–Crippen MR) is 107 cm³/mol. The fourth-order valence-electron chi connectivity index (χ4n) is 3.11. The van der Waals surface area contributed by atoms with Crippen molar-refractivity contribution in [2.45, 2.75) is 23.3 Å². The number of hydrogen-bond donors (Lipinski definition) is 3. The van der Waals surface area contributed by atoms with Crippen LogP contribution in [0.4, 0.5) is 10.5 Å². The molecule has 148 valence electrons. The van der Waals surface area contributed by atoms with E-state index in [1.807, 2.05) is 0 Å². The number of carbonyl (C=O) groups excluding carboxylic acids is 2. The molecule has 1 heterocycles. The predicted octanol–water partition coefficient (Wildman–Crippen LogP) is 2.54. The first-order valence-corrected chi connectivity index (χ1v) is 10.9. The van der Waals surface area contributed by atoms with E-state index >= 15 is 0 Å². The van der Waals surface area contributed by atoms with E-state index in [4.69, 9.17) is 11.6 Å². The van der Waals surface area contributed by atoms with Crippen molar-refractivity contribution in [1.82, 2.24) is 10.6 Å². The van der Waals surface area contributed by atoms with Crippen molar-refractivity contribution in [2.24, 2.45) is 0 Å². The summed E-state index contributed by atoms with van der Waals surface area (Å²) in [5, 5.41) is 8.93. The molecule has 1 aliphatic rings. The molecule has 0 spiro atoms. The van der Waals surface area contributed by atoms with E-state index in [0.29, 0.717) is 10.7 Å². The number of urea groups is 1. The molecule has 3 N–H and O–H groups in total. The number of benzene rings is 2. The molecule has 0 saturated carbocycles. The highest BCUT2D eigenvalue weighted by Crippen LogP contribution is 2.27. The van der Waals surface area contributed by atoms with Crippen LogP contribution in [0.1, 0.15) is 17.9 Å². The molecule has 0 bridgehead atoms. The lowest BCUT2D eigenvalue weighted by molar-refractivity contribution is -0.123. The molecule has 2 atom stereocenters. The minimum Gasteiger partial charge on any atom is -0.354 e. The van der Waals surface area contributed by atoms with E-state index in [1.54, 1.807) is 36.4 Å². The maximum Gasteiger partial charge on any atom is 0.319 e. The molecular formula is C19H20ClN3O4S. The van der Waals surface area contributed by atoms with Crippen LogP contribution in [0.25, 0.3) is 0 Å². The van der Waals surface area contributed by atoms with Crippen LogP contribution in [0.2, 0.25) is 5.02 Å². The number of halogens is 1. The number of nitrogens with one attached hydrogen (secondary N) is 3. The molecule has 3 amide bonds. The summed E-state index contributed by atoms with van der Waals surface area (Å²) < 4.78 is 23.3. The fourth-order valence-corrected chi connectivity index (χ4v) is 3.87. The van der Waals surface area contributed by atoms with Crippen molar-refractivity contribution in [3.8, 4) is 0 Å². The first kappa shape index (κ1) is 20.2. The van der Waals surface area contributed by atoms with E-state index in [-0.39, 0.29) is 35.7 Å². The Morgan fingerprint density at radius 3 is 2.36 bits per heavy atom. The third-order valence-corrected chi connectivity index (χ3v) is 5.95. The maximum absolute atomic E-state index is 12.4. The van der Waals surface area contributed by atoms with Gasteiger partial charge in [0.1, 0.15) is 0 Å². The van der Waals surface area contributed by atoms with Crippen LogP contribution >= 0.6 is 11.6 Å². The Hall–Kier alpha value is -2.58. The van der Waals surface area contributed by atoms with Gasteiger partial charge in [0, 0.05) is 35.8 Å². The number of anilines is 1. The van der Waals surface area contributed by atoms with Gasteiger partial charge in [-0.1, -0.05) is 23.7 Å². The minimum atomic E-state index is -3.30. The lowest BCUT2D eigenvalue weighted by Gasteiger charge is -2.32. The molecule has 2 unspecified atom stereocenters. The average Bonchev–Trinajstić information content (AvgIpc) is 2.64. The van der Waals surface area contributed by atoms with Gasteiger partial charge in [0.25, 0.3) is 0 Å². The van der Waals surface area contributed by atoms with E-state index in [1.165, 1.54) is 12.1 Å². The molecule has 1 fully saturated rings. The molecule has 1 saturated heterocycles. The van der Waals surface area contributed by atoms with Crippen LogP contribution < -0.4 is 16.0 Å². The highest BCUT2D eigenvalue weighted by molar-refractivity contribution is 7.90. The number of carbonyl (C=O) groups is 2.